The number of rotatable bonds is 6. The van der Waals surface area contributed by atoms with Gasteiger partial charge in [-0.1, -0.05) is 37.1 Å². The average Bonchev–Trinajstić information content (AvgIpc) is 3.50. The van der Waals surface area contributed by atoms with Crippen LogP contribution < -0.4 is 19.3 Å². The van der Waals surface area contributed by atoms with E-state index in [0.717, 1.165) is 83.6 Å². The van der Waals surface area contributed by atoms with E-state index in [-0.39, 0.29) is 6.79 Å². The number of aryl methyl sites for hydroxylation is 1. The zero-order chi connectivity index (χ0) is 24.6. The van der Waals surface area contributed by atoms with Crippen LogP contribution >= 0.6 is 11.6 Å². The van der Waals surface area contributed by atoms with E-state index in [2.05, 4.69) is 51.5 Å². The van der Waals surface area contributed by atoms with Crippen LogP contribution in [-0.2, 0) is 13.0 Å². The number of aromatic nitrogens is 3. The first kappa shape index (κ1) is 23.0. The van der Waals surface area contributed by atoms with Crippen LogP contribution in [0.4, 0.5) is 11.4 Å². The third-order valence-electron chi connectivity index (χ3n) is 7.14. The molecule has 0 aliphatic carbocycles. The van der Waals surface area contributed by atoms with Gasteiger partial charge in [0.15, 0.2) is 11.5 Å². The van der Waals surface area contributed by atoms with Gasteiger partial charge < -0.3 is 19.3 Å². The van der Waals surface area contributed by atoms with Crippen LogP contribution in [-0.4, -0.2) is 47.7 Å². The van der Waals surface area contributed by atoms with Crippen molar-refractivity contribution < 1.29 is 9.47 Å². The molecule has 2 aromatic heterocycles. The van der Waals surface area contributed by atoms with Crippen molar-refractivity contribution in [3.05, 3.63) is 70.6 Å². The molecule has 7 nitrogen and oxygen atoms in total. The third-order valence-corrected chi connectivity index (χ3v) is 7.55. The van der Waals surface area contributed by atoms with Gasteiger partial charge in [0.25, 0.3) is 0 Å². The quantitative estimate of drug-likeness (QED) is 0.349. The summed E-state index contributed by atoms with van der Waals surface area (Å²) < 4.78 is 14.1. The highest BCUT2D eigenvalue weighted by Gasteiger charge is 2.31. The van der Waals surface area contributed by atoms with Crippen LogP contribution in [0.15, 0.2) is 48.8 Å². The number of benzene rings is 2. The van der Waals surface area contributed by atoms with Crippen molar-refractivity contribution >= 4 is 33.9 Å². The molecule has 0 amide bonds. The van der Waals surface area contributed by atoms with Crippen molar-refractivity contribution in [3.63, 3.8) is 0 Å². The summed E-state index contributed by atoms with van der Waals surface area (Å²) in [5, 5.41) is 7.07. The van der Waals surface area contributed by atoms with Crippen molar-refractivity contribution in [3.8, 4) is 11.5 Å². The summed E-state index contributed by atoms with van der Waals surface area (Å²) in [4.78, 5) is 9.16. The molecule has 36 heavy (non-hydrogen) atoms. The molecule has 0 radical (unpaired) electrons. The molecule has 2 aliphatic rings. The maximum atomic E-state index is 6.41. The monoisotopic (exact) mass is 503 g/mol. The molecule has 0 N–H and O–H groups in total. The van der Waals surface area contributed by atoms with Crippen molar-refractivity contribution in [1.82, 2.24) is 14.8 Å². The summed E-state index contributed by atoms with van der Waals surface area (Å²) >= 11 is 6.41. The van der Waals surface area contributed by atoms with Gasteiger partial charge in [-0.25, -0.2) is 0 Å². The van der Waals surface area contributed by atoms with Crippen molar-refractivity contribution in [2.75, 3.05) is 42.8 Å². The molecule has 2 aliphatic heterocycles. The molecule has 0 spiro atoms. The number of nitrogens with zero attached hydrogens (tertiary/aromatic N) is 5. The smallest absolute Gasteiger partial charge is 0.231 e. The van der Waals surface area contributed by atoms with E-state index in [1.54, 1.807) is 6.20 Å². The molecule has 1 fully saturated rings. The molecule has 0 bridgehead atoms. The first-order chi connectivity index (χ1) is 17.6. The molecule has 186 valence electrons. The topological polar surface area (TPSA) is 55.7 Å². The highest BCUT2D eigenvalue weighted by molar-refractivity contribution is 6.31. The Morgan fingerprint density at radius 3 is 2.64 bits per heavy atom. The molecule has 0 atom stereocenters. The molecular formula is C28H30ClN5O2. The fourth-order valence-corrected chi connectivity index (χ4v) is 5.53. The van der Waals surface area contributed by atoms with E-state index < -0.39 is 0 Å². The second-order valence-corrected chi connectivity index (χ2v) is 9.83. The number of ether oxygens (including phenoxy) is 2. The normalized spacial score (nSPS) is 15.2. The SMILES string of the molecule is CCCc1nn(Cc2cccnc2)c2cc3c(c(N4CCN(c5cccc(Cl)c5C)CC4)c12)OCO3. The molecule has 4 heterocycles. The number of anilines is 2. The number of halogens is 1. The molecule has 0 unspecified atom stereocenters. The minimum Gasteiger partial charge on any atom is -0.453 e. The average molecular weight is 504 g/mol. The molecular weight excluding hydrogens is 474 g/mol. The Kier molecular flexibility index (Phi) is 6.09. The number of fused-ring (bicyclic) bond motifs is 2. The lowest BCUT2D eigenvalue weighted by Gasteiger charge is -2.38. The first-order valence-electron chi connectivity index (χ1n) is 12.6. The van der Waals surface area contributed by atoms with Gasteiger partial charge >= 0.3 is 0 Å². The molecule has 8 heteroatoms. The highest BCUT2D eigenvalue weighted by atomic mass is 35.5. The van der Waals surface area contributed by atoms with E-state index in [1.165, 1.54) is 11.1 Å². The van der Waals surface area contributed by atoms with Gasteiger partial charge in [0.1, 0.15) is 0 Å². The third kappa shape index (κ3) is 4.01. The second-order valence-electron chi connectivity index (χ2n) is 9.43. The van der Waals surface area contributed by atoms with Crippen LogP contribution in [0.5, 0.6) is 11.5 Å². The van der Waals surface area contributed by atoms with Gasteiger partial charge in [-0.3, -0.25) is 9.67 Å². The van der Waals surface area contributed by atoms with Gasteiger partial charge in [0.05, 0.1) is 28.8 Å². The highest BCUT2D eigenvalue weighted by Crippen LogP contribution is 2.48. The van der Waals surface area contributed by atoms with Crippen LogP contribution in [0.1, 0.15) is 30.2 Å². The lowest BCUT2D eigenvalue weighted by Crippen LogP contribution is -2.47. The second kappa shape index (κ2) is 9.54. The number of hydrogen-bond donors (Lipinski definition) is 0. The predicted molar refractivity (Wildman–Crippen MR) is 144 cm³/mol. The molecule has 6 rings (SSSR count). The van der Waals surface area contributed by atoms with Gasteiger partial charge in [-0.15, -0.1) is 0 Å². The van der Waals surface area contributed by atoms with Crippen molar-refractivity contribution in [1.29, 1.82) is 0 Å². The van der Waals surface area contributed by atoms with Gasteiger partial charge in [0, 0.05) is 55.3 Å². The summed E-state index contributed by atoms with van der Waals surface area (Å²) in [5.74, 6) is 1.63. The number of piperazine rings is 1. The summed E-state index contributed by atoms with van der Waals surface area (Å²) in [7, 11) is 0. The van der Waals surface area contributed by atoms with Crippen LogP contribution in [0.25, 0.3) is 10.9 Å². The number of pyridine rings is 1. The lowest BCUT2D eigenvalue weighted by molar-refractivity contribution is 0.174. The summed E-state index contributed by atoms with van der Waals surface area (Å²) in [6.07, 6.45) is 5.63. The van der Waals surface area contributed by atoms with Crippen molar-refractivity contribution in [2.45, 2.75) is 33.2 Å². The Morgan fingerprint density at radius 1 is 1.03 bits per heavy atom. The van der Waals surface area contributed by atoms with Crippen molar-refractivity contribution in [2.24, 2.45) is 0 Å². The summed E-state index contributed by atoms with van der Waals surface area (Å²) in [6.45, 7) is 8.76. The molecule has 4 aromatic rings. The van der Waals surface area contributed by atoms with Crippen LogP contribution in [0.3, 0.4) is 0 Å². The van der Waals surface area contributed by atoms with E-state index >= 15 is 0 Å². The summed E-state index contributed by atoms with van der Waals surface area (Å²) in [6, 6.07) is 12.3. The Bertz CT molecular complexity index is 1400. The van der Waals surface area contributed by atoms with E-state index in [4.69, 9.17) is 26.2 Å². The largest absolute Gasteiger partial charge is 0.453 e. The lowest BCUT2D eigenvalue weighted by atomic mass is 10.1. The zero-order valence-corrected chi connectivity index (χ0v) is 21.5. The Balaban J connectivity index is 1.39. The molecule has 2 aromatic carbocycles. The van der Waals surface area contributed by atoms with E-state index in [0.29, 0.717) is 6.54 Å². The number of hydrogen-bond acceptors (Lipinski definition) is 6. The zero-order valence-electron chi connectivity index (χ0n) is 20.7. The Morgan fingerprint density at radius 2 is 1.86 bits per heavy atom. The van der Waals surface area contributed by atoms with Gasteiger partial charge in [-0.05, 0) is 42.7 Å². The van der Waals surface area contributed by atoms with Gasteiger partial charge in [-0.2, -0.15) is 5.10 Å². The maximum absolute atomic E-state index is 6.41. The first-order valence-corrected chi connectivity index (χ1v) is 13.0. The van der Waals surface area contributed by atoms with E-state index in [1.807, 2.05) is 24.4 Å². The van der Waals surface area contributed by atoms with Crippen LogP contribution in [0, 0.1) is 6.92 Å². The fourth-order valence-electron chi connectivity index (χ4n) is 5.36. The minimum absolute atomic E-state index is 0.246. The van der Waals surface area contributed by atoms with Gasteiger partial charge in [0.2, 0.25) is 6.79 Å². The van der Waals surface area contributed by atoms with Crippen LogP contribution in [0.2, 0.25) is 5.02 Å². The van der Waals surface area contributed by atoms with E-state index in [9.17, 15) is 0 Å². The predicted octanol–water partition coefficient (Wildman–Crippen LogP) is 5.45. The standard InChI is InChI=1S/C28H30ClN5O2/c1-3-6-22-26-24(34(31-22)17-20-7-5-10-30-16-20)15-25-28(36-18-35-25)27(26)33-13-11-32(12-14-33)23-9-4-8-21(29)19(23)2/h4-5,7-10,15-16H,3,6,11-14,17-18H2,1-2H3. The maximum Gasteiger partial charge on any atom is 0.231 e. The summed E-state index contributed by atoms with van der Waals surface area (Å²) in [5.41, 5.74) is 6.76. The fraction of sp³-hybridized carbons (Fsp3) is 0.357. The minimum atomic E-state index is 0.246. The Labute approximate surface area is 216 Å². The Hall–Kier alpha value is -3.45. The molecule has 0 saturated carbocycles. The molecule has 1 saturated heterocycles.